The molecular formula is C7H9NO3. The van der Waals surface area contributed by atoms with Crippen molar-refractivity contribution in [2.24, 2.45) is 0 Å². The fourth-order valence-corrected chi connectivity index (χ4v) is 0.385. The highest BCUT2D eigenvalue weighted by Crippen LogP contribution is 1.79. The summed E-state index contributed by atoms with van der Waals surface area (Å²) >= 11 is 0. The molecule has 4 nitrogen and oxygen atoms in total. The van der Waals surface area contributed by atoms with Crippen molar-refractivity contribution in [3.8, 4) is 0 Å². The van der Waals surface area contributed by atoms with E-state index in [0.29, 0.717) is 0 Å². The van der Waals surface area contributed by atoms with Crippen molar-refractivity contribution in [3.05, 3.63) is 24.3 Å². The van der Waals surface area contributed by atoms with Crippen molar-refractivity contribution in [3.63, 3.8) is 0 Å². The van der Waals surface area contributed by atoms with Gasteiger partial charge in [0.25, 0.3) is 0 Å². The summed E-state index contributed by atoms with van der Waals surface area (Å²) in [6.07, 6.45) is 5.78. The average Bonchev–Trinajstić information content (AvgIpc) is 2.03. The molecule has 60 valence electrons. The number of hydrogen-bond donors (Lipinski definition) is 2. The molecule has 0 aliphatic carbocycles. The largest absolute Gasteiger partial charge is 0.315 e. The first-order chi connectivity index (χ1) is 5.22. The van der Waals surface area contributed by atoms with E-state index in [1.807, 2.05) is 0 Å². The van der Waals surface area contributed by atoms with Crippen LogP contribution in [-0.4, -0.2) is 16.9 Å². The molecule has 0 rings (SSSR count). The van der Waals surface area contributed by atoms with Gasteiger partial charge in [-0.15, -0.1) is 0 Å². The van der Waals surface area contributed by atoms with Gasteiger partial charge in [-0.05, 0) is 13.0 Å². The minimum atomic E-state index is -1.04. The van der Waals surface area contributed by atoms with Gasteiger partial charge in [-0.1, -0.05) is 18.2 Å². The lowest BCUT2D eigenvalue weighted by Crippen LogP contribution is -2.26. The zero-order chi connectivity index (χ0) is 8.69. The number of amides is 1. The fraction of sp³-hybridized carbons (Fsp3) is 0.143. The summed E-state index contributed by atoms with van der Waals surface area (Å²) in [6.45, 7) is 1.78. The van der Waals surface area contributed by atoms with Crippen LogP contribution >= 0.6 is 0 Å². The van der Waals surface area contributed by atoms with Crippen LogP contribution in [-0.2, 0) is 9.59 Å². The third-order valence-corrected chi connectivity index (χ3v) is 0.876. The van der Waals surface area contributed by atoms with Gasteiger partial charge in [0.1, 0.15) is 0 Å². The number of nitrogens with one attached hydrogen (secondary N) is 1. The molecule has 0 aromatic heterocycles. The molecule has 0 saturated carbocycles. The molecule has 0 atom stereocenters. The van der Waals surface area contributed by atoms with E-state index in [2.05, 4.69) is 0 Å². The smallest absolute Gasteiger partial charge is 0.288 e. The molecule has 2 N–H and O–H groups in total. The Bertz CT molecular complexity index is 206. The molecule has 0 radical (unpaired) electrons. The predicted molar refractivity (Wildman–Crippen MR) is 38.9 cm³/mol. The number of rotatable bonds is 3. The maximum absolute atomic E-state index is 10.6. The minimum Gasteiger partial charge on any atom is -0.288 e. The lowest BCUT2D eigenvalue weighted by atomic mass is 10.3. The van der Waals surface area contributed by atoms with Crippen LogP contribution in [0.5, 0.6) is 0 Å². The van der Waals surface area contributed by atoms with Crippen LogP contribution in [0.1, 0.15) is 6.92 Å². The van der Waals surface area contributed by atoms with Gasteiger partial charge in [-0.25, -0.2) is 5.48 Å². The number of ketones is 1. The molecule has 0 aliphatic rings. The second-order valence-electron chi connectivity index (χ2n) is 1.69. The van der Waals surface area contributed by atoms with Gasteiger partial charge in [-0.2, -0.15) is 0 Å². The fourth-order valence-electron chi connectivity index (χ4n) is 0.385. The summed E-state index contributed by atoms with van der Waals surface area (Å²) in [4.78, 5) is 20.9. The van der Waals surface area contributed by atoms with E-state index >= 15 is 0 Å². The van der Waals surface area contributed by atoms with E-state index in [1.165, 1.54) is 11.6 Å². The molecule has 1 amide bonds. The van der Waals surface area contributed by atoms with Crippen LogP contribution in [0.4, 0.5) is 0 Å². The zero-order valence-electron chi connectivity index (χ0n) is 6.07. The van der Waals surface area contributed by atoms with Crippen molar-refractivity contribution in [1.29, 1.82) is 0 Å². The molecule has 0 aliphatic heterocycles. The number of hydroxylamine groups is 1. The van der Waals surface area contributed by atoms with Gasteiger partial charge in [0, 0.05) is 0 Å². The highest BCUT2D eigenvalue weighted by Gasteiger charge is 2.06. The van der Waals surface area contributed by atoms with E-state index in [1.54, 1.807) is 19.1 Å². The summed E-state index contributed by atoms with van der Waals surface area (Å²) in [6, 6.07) is 0. The Balaban J connectivity index is 3.97. The second kappa shape index (κ2) is 5.37. The van der Waals surface area contributed by atoms with Gasteiger partial charge < -0.3 is 0 Å². The highest BCUT2D eigenvalue weighted by atomic mass is 16.5. The lowest BCUT2D eigenvalue weighted by Gasteiger charge is -1.88. The van der Waals surface area contributed by atoms with E-state index < -0.39 is 11.7 Å². The van der Waals surface area contributed by atoms with Gasteiger partial charge in [0.05, 0.1) is 0 Å². The Kier molecular flexibility index (Phi) is 4.68. The van der Waals surface area contributed by atoms with E-state index in [9.17, 15) is 9.59 Å². The summed E-state index contributed by atoms with van der Waals surface area (Å²) < 4.78 is 0. The SMILES string of the molecule is C/C=C/C=C/C(=O)C(=O)NO. The zero-order valence-corrected chi connectivity index (χ0v) is 6.07. The predicted octanol–water partition coefficient (Wildman–Crippen LogP) is 0.193. The van der Waals surface area contributed by atoms with Gasteiger partial charge >= 0.3 is 5.91 Å². The van der Waals surface area contributed by atoms with Crippen molar-refractivity contribution in [2.45, 2.75) is 6.92 Å². The van der Waals surface area contributed by atoms with Crippen molar-refractivity contribution < 1.29 is 14.8 Å². The lowest BCUT2D eigenvalue weighted by molar-refractivity contribution is -0.140. The summed E-state index contributed by atoms with van der Waals surface area (Å²) in [5.74, 6) is -1.82. The quantitative estimate of drug-likeness (QED) is 0.201. The first-order valence-electron chi connectivity index (χ1n) is 3.00. The molecule has 0 saturated heterocycles. The molecule has 11 heavy (non-hydrogen) atoms. The number of carbonyl (C=O) groups excluding carboxylic acids is 2. The number of hydrogen-bond acceptors (Lipinski definition) is 3. The first kappa shape index (κ1) is 9.58. The van der Waals surface area contributed by atoms with Gasteiger partial charge in [0.15, 0.2) is 0 Å². The monoisotopic (exact) mass is 155 g/mol. The first-order valence-corrected chi connectivity index (χ1v) is 3.00. The Morgan fingerprint density at radius 1 is 1.36 bits per heavy atom. The van der Waals surface area contributed by atoms with Crippen LogP contribution in [0.2, 0.25) is 0 Å². The molecule has 0 aromatic carbocycles. The van der Waals surface area contributed by atoms with Crippen molar-refractivity contribution >= 4 is 11.7 Å². The van der Waals surface area contributed by atoms with E-state index in [-0.39, 0.29) is 0 Å². The molecule has 0 spiro atoms. The topological polar surface area (TPSA) is 66.4 Å². The average molecular weight is 155 g/mol. The minimum absolute atomic E-state index is 0.786. The van der Waals surface area contributed by atoms with Crippen LogP contribution in [0, 0.1) is 0 Å². The number of allylic oxidation sites excluding steroid dienone is 3. The van der Waals surface area contributed by atoms with Crippen molar-refractivity contribution in [2.75, 3.05) is 0 Å². The van der Waals surface area contributed by atoms with E-state index in [0.717, 1.165) is 6.08 Å². The molecule has 4 heteroatoms. The number of carbonyl (C=O) groups is 2. The third kappa shape index (κ3) is 4.05. The van der Waals surface area contributed by atoms with Crippen LogP contribution in [0.3, 0.4) is 0 Å². The summed E-state index contributed by atoms with van der Waals surface area (Å²) in [5, 5.41) is 7.99. The molecule has 0 aromatic rings. The standard InChI is InChI=1S/C7H9NO3/c1-2-3-4-5-6(9)7(10)8-11/h2-5,11H,1H3,(H,8,10)/b3-2+,5-4+. The summed E-state index contributed by atoms with van der Waals surface area (Å²) in [7, 11) is 0. The normalized spacial score (nSPS) is 10.7. The Labute approximate surface area is 64.2 Å². The molecule has 0 fully saturated rings. The summed E-state index contributed by atoms with van der Waals surface area (Å²) in [5.41, 5.74) is 1.23. The molecule has 0 unspecified atom stereocenters. The Hall–Kier alpha value is -1.42. The maximum Gasteiger partial charge on any atom is 0.315 e. The molecular weight excluding hydrogens is 146 g/mol. The van der Waals surface area contributed by atoms with Gasteiger partial charge in [-0.3, -0.25) is 14.8 Å². The second-order valence-corrected chi connectivity index (χ2v) is 1.69. The van der Waals surface area contributed by atoms with Crippen LogP contribution < -0.4 is 5.48 Å². The van der Waals surface area contributed by atoms with Crippen LogP contribution in [0.15, 0.2) is 24.3 Å². The van der Waals surface area contributed by atoms with Gasteiger partial charge in [0.2, 0.25) is 5.78 Å². The van der Waals surface area contributed by atoms with Crippen LogP contribution in [0.25, 0.3) is 0 Å². The highest BCUT2D eigenvalue weighted by molar-refractivity contribution is 6.40. The van der Waals surface area contributed by atoms with E-state index in [4.69, 9.17) is 5.21 Å². The Morgan fingerprint density at radius 3 is 2.45 bits per heavy atom. The molecule has 0 bridgehead atoms. The Morgan fingerprint density at radius 2 is 2.00 bits per heavy atom. The third-order valence-electron chi connectivity index (χ3n) is 0.876. The maximum atomic E-state index is 10.6. The van der Waals surface area contributed by atoms with Crippen molar-refractivity contribution in [1.82, 2.24) is 5.48 Å². The molecule has 0 heterocycles.